The molecule has 1 fully saturated rings. The van der Waals surface area contributed by atoms with Crippen LogP contribution in [0, 0.1) is 29.0 Å². The molecular formula is C25H24FN3O. The largest absolute Gasteiger partial charge is 0.323 e. The minimum atomic E-state index is -0.581. The van der Waals surface area contributed by atoms with Gasteiger partial charge in [-0.25, -0.2) is 4.39 Å². The van der Waals surface area contributed by atoms with Crippen molar-refractivity contribution in [2.45, 2.75) is 38.5 Å². The van der Waals surface area contributed by atoms with Crippen LogP contribution in [0.5, 0.6) is 0 Å². The molecule has 1 aromatic heterocycles. The highest BCUT2D eigenvalue weighted by atomic mass is 19.1. The third kappa shape index (κ3) is 4.04. The van der Waals surface area contributed by atoms with E-state index in [1.807, 2.05) is 37.4 Å². The Morgan fingerprint density at radius 3 is 2.67 bits per heavy atom. The van der Waals surface area contributed by atoms with E-state index in [9.17, 15) is 9.18 Å². The van der Waals surface area contributed by atoms with Crippen LogP contribution in [-0.2, 0) is 4.79 Å². The maximum Gasteiger partial charge on any atom is 0.227 e. The summed E-state index contributed by atoms with van der Waals surface area (Å²) in [5.41, 5.74) is 2.73. The van der Waals surface area contributed by atoms with Crippen molar-refractivity contribution in [2.75, 3.05) is 5.32 Å². The molecule has 0 radical (unpaired) electrons. The molecule has 0 saturated heterocycles. The zero-order chi connectivity index (χ0) is 21.1. The molecule has 0 unspecified atom stereocenters. The van der Waals surface area contributed by atoms with Crippen LogP contribution < -0.4 is 5.32 Å². The highest BCUT2D eigenvalue weighted by molar-refractivity contribution is 5.92. The number of para-hydroxylation sites is 1. The monoisotopic (exact) mass is 401 g/mol. The minimum absolute atomic E-state index is 0.128. The summed E-state index contributed by atoms with van der Waals surface area (Å²) in [4.78, 5) is 17.2. The second kappa shape index (κ2) is 8.62. The first-order valence-corrected chi connectivity index (χ1v) is 10.4. The number of carbonyl (C=O) groups is 1. The predicted molar refractivity (Wildman–Crippen MR) is 115 cm³/mol. The van der Waals surface area contributed by atoms with E-state index in [2.05, 4.69) is 22.4 Å². The van der Waals surface area contributed by atoms with E-state index in [-0.39, 0.29) is 29.0 Å². The van der Waals surface area contributed by atoms with E-state index in [4.69, 9.17) is 5.26 Å². The van der Waals surface area contributed by atoms with Gasteiger partial charge in [0.1, 0.15) is 5.82 Å². The van der Waals surface area contributed by atoms with Crippen LogP contribution in [0.2, 0.25) is 0 Å². The molecule has 4 nitrogen and oxygen atoms in total. The number of nitriles is 1. The molecule has 1 amide bonds. The van der Waals surface area contributed by atoms with Gasteiger partial charge in [-0.15, -0.1) is 0 Å². The van der Waals surface area contributed by atoms with Gasteiger partial charge in [-0.05, 0) is 73.4 Å². The first-order chi connectivity index (χ1) is 14.6. The highest BCUT2D eigenvalue weighted by Crippen LogP contribution is 2.40. The van der Waals surface area contributed by atoms with Crippen molar-refractivity contribution >= 4 is 22.5 Å². The van der Waals surface area contributed by atoms with Crippen molar-refractivity contribution in [3.63, 3.8) is 0 Å². The van der Waals surface area contributed by atoms with E-state index >= 15 is 0 Å². The molecule has 0 aliphatic heterocycles. The second-order valence-electron chi connectivity index (χ2n) is 8.11. The van der Waals surface area contributed by atoms with Gasteiger partial charge in [-0.1, -0.05) is 25.1 Å². The molecule has 3 aromatic rings. The summed E-state index contributed by atoms with van der Waals surface area (Å²) in [6, 6.07) is 16.3. The van der Waals surface area contributed by atoms with Gasteiger partial charge in [0.25, 0.3) is 0 Å². The van der Waals surface area contributed by atoms with Crippen LogP contribution in [-0.4, -0.2) is 10.9 Å². The Balaban J connectivity index is 1.40. The van der Waals surface area contributed by atoms with Crippen LogP contribution in [0.1, 0.15) is 49.7 Å². The van der Waals surface area contributed by atoms with Crippen molar-refractivity contribution in [1.29, 1.82) is 5.26 Å². The fourth-order valence-corrected chi connectivity index (χ4v) is 4.55. The lowest BCUT2D eigenvalue weighted by atomic mass is 9.73. The summed E-state index contributed by atoms with van der Waals surface area (Å²) in [7, 11) is 0. The Morgan fingerprint density at radius 2 is 1.93 bits per heavy atom. The van der Waals surface area contributed by atoms with Gasteiger partial charge in [0, 0.05) is 17.5 Å². The van der Waals surface area contributed by atoms with Crippen LogP contribution in [0.3, 0.4) is 0 Å². The number of carbonyl (C=O) groups excluding carboxylic acids is 1. The standard InChI is InChI=1S/C25H24FN3O/c1-16(25(30)29-24-11-6-17(15-27)14-22(24)26)18-7-9-19(10-8-18)20-12-13-28-23-5-3-2-4-21(20)23/h2-6,11-14,16,18-19H,7-10H2,1H3,(H,29,30)/t16-,18-,19+/m1/s1. The average molecular weight is 401 g/mol. The Bertz CT molecular complexity index is 1110. The van der Waals surface area contributed by atoms with Crippen LogP contribution in [0.25, 0.3) is 10.9 Å². The molecule has 1 heterocycles. The van der Waals surface area contributed by atoms with Crippen molar-refractivity contribution < 1.29 is 9.18 Å². The lowest BCUT2D eigenvalue weighted by molar-refractivity contribution is -0.121. The summed E-state index contributed by atoms with van der Waals surface area (Å²) in [5.74, 6) is -0.203. The maximum atomic E-state index is 14.1. The van der Waals surface area contributed by atoms with Gasteiger partial charge in [-0.3, -0.25) is 9.78 Å². The zero-order valence-corrected chi connectivity index (χ0v) is 16.9. The molecular weight excluding hydrogens is 377 g/mol. The van der Waals surface area contributed by atoms with E-state index in [1.54, 1.807) is 0 Å². The fraction of sp³-hybridized carbons (Fsp3) is 0.320. The number of anilines is 1. The maximum absolute atomic E-state index is 14.1. The van der Waals surface area contributed by atoms with Gasteiger partial charge in [0.05, 0.1) is 22.8 Å². The topological polar surface area (TPSA) is 65.8 Å². The lowest BCUT2D eigenvalue weighted by Crippen LogP contribution is -2.30. The number of nitrogens with zero attached hydrogens (tertiary/aromatic N) is 2. The summed E-state index contributed by atoms with van der Waals surface area (Å²) < 4.78 is 14.1. The quantitative estimate of drug-likeness (QED) is 0.601. The molecule has 5 heteroatoms. The Kier molecular flexibility index (Phi) is 5.76. The first kappa shape index (κ1) is 20.0. The lowest BCUT2D eigenvalue weighted by Gasteiger charge is -2.32. The van der Waals surface area contributed by atoms with E-state index in [0.717, 1.165) is 37.3 Å². The van der Waals surface area contributed by atoms with Gasteiger partial charge in [0.2, 0.25) is 5.91 Å². The number of amides is 1. The Morgan fingerprint density at radius 1 is 1.17 bits per heavy atom. The molecule has 2 aromatic carbocycles. The molecule has 152 valence electrons. The average Bonchev–Trinajstić information content (AvgIpc) is 2.79. The number of halogens is 1. The number of hydrogen-bond acceptors (Lipinski definition) is 3. The van der Waals surface area contributed by atoms with Crippen molar-refractivity contribution in [1.82, 2.24) is 4.98 Å². The molecule has 0 bridgehead atoms. The minimum Gasteiger partial charge on any atom is -0.323 e. The van der Waals surface area contributed by atoms with E-state index in [1.165, 1.54) is 23.1 Å². The predicted octanol–water partition coefficient (Wildman–Crippen LogP) is 5.79. The molecule has 1 aliphatic carbocycles. The molecule has 1 N–H and O–H groups in total. The Labute approximate surface area is 175 Å². The Hall–Kier alpha value is -3.26. The van der Waals surface area contributed by atoms with Crippen LogP contribution in [0.4, 0.5) is 10.1 Å². The van der Waals surface area contributed by atoms with Crippen LogP contribution in [0.15, 0.2) is 54.7 Å². The molecule has 1 aliphatic rings. The summed E-state index contributed by atoms with van der Waals surface area (Å²) >= 11 is 0. The number of nitrogens with one attached hydrogen (secondary N) is 1. The molecule has 0 spiro atoms. The second-order valence-corrected chi connectivity index (χ2v) is 8.11. The van der Waals surface area contributed by atoms with Crippen molar-refractivity contribution in [3.8, 4) is 6.07 Å². The number of aromatic nitrogens is 1. The summed E-state index contributed by atoms with van der Waals surface area (Å²) in [5, 5.41) is 12.8. The molecule has 4 rings (SSSR count). The number of fused-ring (bicyclic) bond motifs is 1. The zero-order valence-electron chi connectivity index (χ0n) is 16.9. The first-order valence-electron chi connectivity index (χ1n) is 10.4. The number of hydrogen-bond donors (Lipinski definition) is 1. The summed E-state index contributed by atoms with van der Waals surface area (Å²) in [6.45, 7) is 1.92. The van der Waals surface area contributed by atoms with Gasteiger partial charge in [-0.2, -0.15) is 5.26 Å². The SMILES string of the molecule is C[C@@H](C(=O)Nc1ccc(C#N)cc1F)[C@H]1CC[C@@H](c2ccnc3ccccc32)CC1. The fourth-order valence-electron chi connectivity index (χ4n) is 4.55. The molecule has 1 saturated carbocycles. The van der Waals surface area contributed by atoms with Crippen LogP contribution >= 0.6 is 0 Å². The normalized spacial score (nSPS) is 19.8. The van der Waals surface area contributed by atoms with Crippen molar-refractivity contribution in [3.05, 3.63) is 71.7 Å². The third-order valence-corrected chi connectivity index (χ3v) is 6.37. The number of pyridine rings is 1. The highest BCUT2D eigenvalue weighted by Gasteiger charge is 2.30. The smallest absolute Gasteiger partial charge is 0.227 e. The van der Waals surface area contributed by atoms with E-state index < -0.39 is 5.82 Å². The van der Waals surface area contributed by atoms with Gasteiger partial charge >= 0.3 is 0 Å². The molecule has 1 atom stereocenters. The number of benzene rings is 2. The third-order valence-electron chi connectivity index (χ3n) is 6.37. The van der Waals surface area contributed by atoms with E-state index in [0.29, 0.717) is 5.92 Å². The van der Waals surface area contributed by atoms with Gasteiger partial charge < -0.3 is 5.32 Å². The number of rotatable bonds is 4. The van der Waals surface area contributed by atoms with Crippen molar-refractivity contribution in [2.24, 2.45) is 11.8 Å². The van der Waals surface area contributed by atoms with Gasteiger partial charge in [0.15, 0.2) is 0 Å². The molecule has 30 heavy (non-hydrogen) atoms. The summed E-state index contributed by atoms with van der Waals surface area (Å²) in [6.07, 6.45) is 5.87.